The van der Waals surface area contributed by atoms with Crippen molar-refractivity contribution in [1.29, 1.82) is 0 Å². The van der Waals surface area contributed by atoms with Crippen molar-refractivity contribution in [2.24, 2.45) is 0 Å². The van der Waals surface area contributed by atoms with Gasteiger partial charge in [-0.15, -0.1) is 0 Å². The third-order valence-electron chi connectivity index (χ3n) is 5.10. The molecule has 3 rings (SSSR count). The first-order valence-corrected chi connectivity index (χ1v) is 11.3. The zero-order valence-electron chi connectivity index (χ0n) is 18.1. The van der Waals surface area contributed by atoms with Crippen molar-refractivity contribution in [3.05, 3.63) is 83.4 Å². The standard InChI is InChI=1S/C24H27NO5S/c1-17-10-12-20(13-11-17)31(26,27)25-16-21(18-8-6-5-7-9-18)19-14-22(28-2)24(30-4)23(15-19)29-3/h5-15,21,25H,16H2,1-4H3. The highest BCUT2D eigenvalue weighted by molar-refractivity contribution is 7.89. The molecule has 0 aromatic heterocycles. The highest BCUT2D eigenvalue weighted by Gasteiger charge is 2.23. The van der Waals surface area contributed by atoms with Crippen LogP contribution in [0.2, 0.25) is 0 Å². The van der Waals surface area contributed by atoms with Crippen LogP contribution < -0.4 is 18.9 Å². The Balaban J connectivity index is 1.99. The third-order valence-corrected chi connectivity index (χ3v) is 6.54. The van der Waals surface area contributed by atoms with Gasteiger partial charge in [0.15, 0.2) is 11.5 Å². The average Bonchev–Trinajstić information content (AvgIpc) is 2.79. The van der Waals surface area contributed by atoms with Gasteiger partial charge >= 0.3 is 0 Å². The van der Waals surface area contributed by atoms with Crippen LogP contribution in [-0.2, 0) is 10.0 Å². The fourth-order valence-corrected chi connectivity index (χ4v) is 4.46. The fourth-order valence-electron chi connectivity index (χ4n) is 3.41. The van der Waals surface area contributed by atoms with Crippen molar-refractivity contribution in [2.75, 3.05) is 27.9 Å². The van der Waals surface area contributed by atoms with E-state index in [0.29, 0.717) is 17.2 Å². The maximum absolute atomic E-state index is 12.9. The Labute approximate surface area is 183 Å². The molecule has 0 aliphatic heterocycles. The number of hydrogen-bond acceptors (Lipinski definition) is 5. The number of hydrogen-bond donors (Lipinski definition) is 1. The Bertz CT molecular complexity index is 1090. The lowest BCUT2D eigenvalue weighted by Crippen LogP contribution is -2.29. The summed E-state index contributed by atoms with van der Waals surface area (Å²) >= 11 is 0. The minimum absolute atomic E-state index is 0.166. The van der Waals surface area contributed by atoms with Crippen LogP contribution in [0.3, 0.4) is 0 Å². The van der Waals surface area contributed by atoms with E-state index in [2.05, 4.69) is 4.72 Å². The van der Waals surface area contributed by atoms with Crippen LogP contribution in [-0.4, -0.2) is 36.3 Å². The number of ether oxygens (including phenoxy) is 3. The second-order valence-electron chi connectivity index (χ2n) is 7.09. The summed E-state index contributed by atoms with van der Waals surface area (Å²) in [4.78, 5) is 0.231. The zero-order chi connectivity index (χ0) is 22.4. The van der Waals surface area contributed by atoms with E-state index in [1.54, 1.807) is 45.6 Å². The van der Waals surface area contributed by atoms with Crippen LogP contribution in [0.15, 0.2) is 71.6 Å². The number of rotatable bonds is 9. The van der Waals surface area contributed by atoms with Crippen LogP contribution >= 0.6 is 0 Å². The molecular formula is C24H27NO5S. The molecule has 0 heterocycles. The Hall–Kier alpha value is -3.03. The molecule has 0 amide bonds. The van der Waals surface area contributed by atoms with Gasteiger partial charge < -0.3 is 14.2 Å². The molecule has 0 spiro atoms. The van der Waals surface area contributed by atoms with Crippen LogP contribution in [0.1, 0.15) is 22.6 Å². The van der Waals surface area contributed by atoms with E-state index in [9.17, 15) is 8.42 Å². The molecule has 6 nitrogen and oxygen atoms in total. The van der Waals surface area contributed by atoms with Crippen molar-refractivity contribution < 1.29 is 22.6 Å². The highest BCUT2D eigenvalue weighted by atomic mass is 32.2. The normalized spacial score (nSPS) is 12.3. The van der Waals surface area contributed by atoms with Gasteiger partial charge in [0.1, 0.15) is 0 Å². The van der Waals surface area contributed by atoms with Gasteiger partial charge in [0.05, 0.1) is 26.2 Å². The number of sulfonamides is 1. The van der Waals surface area contributed by atoms with E-state index in [4.69, 9.17) is 14.2 Å². The lowest BCUT2D eigenvalue weighted by Gasteiger charge is -2.22. The van der Waals surface area contributed by atoms with E-state index in [1.165, 1.54) is 0 Å². The fraction of sp³-hybridized carbons (Fsp3) is 0.250. The minimum Gasteiger partial charge on any atom is -0.493 e. The quantitative estimate of drug-likeness (QED) is 0.540. The average molecular weight is 442 g/mol. The van der Waals surface area contributed by atoms with Crippen LogP contribution in [0.4, 0.5) is 0 Å². The third kappa shape index (κ3) is 5.18. The van der Waals surface area contributed by atoms with Crippen LogP contribution in [0.5, 0.6) is 17.2 Å². The Kier molecular flexibility index (Phi) is 7.20. The summed E-state index contributed by atoms with van der Waals surface area (Å²) in [6.45, 7) is 2.08. The summed E-state index contributed by atoms with van der Waals surface area (Å²) in [6, 6.07) is 20.2. The summed E-state index contributed by atoms with van der Waals surface area (Å²) in [6.07, 6.45) is 0. The van der Waals surface area contributed by atoms with Gasteiger partial charge in [0.25, 0.3) is 0 Å². The minimum atomic E-state index is -3.67. The van der Waals surface area contributed by atoms with Gasteiger partial charge in [-0.1, -0.05) is 48.0 Å². The molecule has 0 fully saturated rings. The predicted molar refractivity (Wildman–Crippen MR) is 121 cm³/mol. The van der Waals surface area contributed by atoms with Crippen molar-refractivity contribution >= 4 is 10.0 Å². The maximum Gasteiger partial charge on any atom is 0.240 e. The molecule has 0 saturated heterocycles. The van der Waals surface area contributed by atoms with Crippen molar-refractivity contribution in [3.8, 4) is 17.2 Å². The molecule has 3 aromatic rings. The van der Waals surface area contributed by atoms with E-state index < -0.39 is 10.0 Å². The van der Waals surface area contributed by atoms with Gasteiger partial charge in [-0.2, -0.15) is 0 Å². The summed E-state index contributed by atoms with van der Waals surface area (Å²) in [5, 5.41) is 0. The van der Waals surface area contributed by atoms with Crippen LogP contribution in [0.25, 0.3) is 0 Å². The molecule has 0 aliphatic carbocycles. The van der Waals surface area contributed by atoms with Gasteiger partial charge in [0.2, 0.25) is 15.8 Å². The molecule has 0 saturated carbocycles. The Morgan fingerprint density at radius 2 is 1.39 bits per heavy atom. The van der Waals surface area contributed by atoms with E-state index in [-0.39, 0.29) is 17.4 Å². The molecule has 1 atom stereocenters. The van der Waals surface area contributed by atoms with E-state index >= 15 is 0 Å². The zero-order valence-corrected chi connectivity index (χ0v) is 18.9. The number of benzene rings is 3. The van der Waals surface area contributed by atoms with Gasteiger partial charge in [0, 0.05) is 12.5 Å². The smallest absolute Gasteiger partial charge is 0.240 e. The van der Waals surface area contributed by atoms with Crippen molar-refractivity contribution in [2.45, 2.75) is 17.7 Å². The first-order chi connectivity index (χ1) is 14.9. The lowest BCUT2D eigenvalue weighted by molar-refractivity contribution is 0.323. The van der Waals surface area contributed by atoms with Gasteiger partial charge in [-0.05, 0) is 42.3 Å². The first-order valence-electron chi connectivity index (χ1n) is 9.80. The maximum atomic E-state index is 12.9. The Morgan fingerprint density at radius 3 is 1.90 bits per heavy atom. The highest BCUT2D eigenvalue weighted by Crippen LogP contribution is 2.41. The number of methoxy groups -OCH3 is 3. The largest absolute Gasteiger partial charge is 0.493 e. The number of nitrogens with one attached hydrogen (secondary N) is 1. The monoisotopic (exact) mass is 441 g/mol. The second-order valence-corrected chi connectivity index (χ2v) is 8.85. The summed E-state index contributed by atoms with van der Waals surface area (Å²) in [5.41, 5.74) is 2.80. The molecule has 0 aliphatic rings. The topological polar surface area (TPSA) is 73.9 Å². The van der Waals surface area contributed by atoms with Gasteiger partial charge in [-0.3, -0.25) is 0 Å². The summed E-state index contributed by atoms with van der Waals surface area (Å²) in [5.74, 6) is 1.24. The van der Waals surface area contributed by atoms with Crippen LogP contribution in [0, 0.1) is 6.92 Å². The summed E-state index contributed by atoms with van der Waals surface area (Å²) < 4.78 is 44.9. The predicted octanol–water partition coefficient (Wildman–Crippen LogP) is 4.13. The molecule has 7 heteroatoms. The molecule has 1 N–H and O–H groups in total. The lowest BCUT2D eigenvalue weighted by atomic mass is 9.91. The van der Waals surface area contributed by atoms with E-state index in [0.717, 1.165) is 16.7 Å². The molecular weight excluding hydrogens is 414 g/mol. The molecule has 1 unspecified atom stereocenters. The molecule has 0 bridgehead atoms. The number of aryl methyl sites for hydroxylation is 1. The van der Waals surface area contributed by atoms with Gasteiger partial charge in [-0.25, -0.2) is 13.1 Å². The molecule has 0 radical (unpaired) electrons. The van der Waals surface area contributed by atoms with Crippen molar-refractivity contribution in [1.82, 2.24) is 4.72 Å². The first kappa shape index (κ1) is 22.7. The molecule has 164 valence electrons. The molecule has 31 heavy (non-hydrogen) atoms. The van der Waals surface area contributed by atoms with Crippen molar-refractivity contribution in [3.63, 3.8) is 0 Å². The second kappa shape index (κ2) is 9.85. The molecule has 3 aromatic carbocycles. The Morgan fingerprint density at radius 1 is 0.806 bits per heavy atom. The van der Waals surface area contributed by atoms with E-state index in [1.807, 2.05) is 49.4 Å². The SMILES string of the molecule is COc1cc(C(CNS(=O)(=O)c2ccc(C)cc2)c2ccccc2)cc(OC)c1OC. The summed E-state index contributed by atoms with van der Waals surface area (Å²) in [7, 11) is 0.985.